The fourth-order valence-corrected chi connectivity index (χ4v) is 2.75. The Morgan fingerprint density at radius 2 is 2.20 bits per heavy atom. The highest BCUT2D eigenvalue weighted by Crippen LogP contribution is 2.28. The highest BCUT2D eigenvalue weighted by molar-refractivity contribution is 9.10. The number of halogens is 3. The second kappa shape index (κ2) is 7.25. The van der Waals surface area contributed by atoms with Crippen molar-refractivity contribution in [3.05, 3.63) is 57.2 Å². The van der Waals surface area contributed by atoms with Crippen LogP contribution in [0.1, 0.15) is 30.5 Å². The van der Waals surface area contributed by atoms with Crippen molar-refractivity contribution in [2.24, 2.45) is 0 Å². The molecule has 0 radical (unpaired) electrons. The van der Waals surface area contributed by atoms with Crippen LogP contribution in [0, 0.1) is 5.82 Å². The molecule has 0 fully saturated rings. The average Bonchev–Trinajstić information content (AvgIpc) is 2.83. The van der Waals surface area contributed by atoms with Gasteiger partial charge in [-0.1, -0.05) is 24.6 Å². The lowest BCUT2D eigenvalue weighted by Gasteiger charge is -2.18. The number of rotatable bonds is 6. The van der Waals surface area contributed by atoms with Crippen molar-refractivity contribution in [1.82, 2.24) is 5.32 Å². The van der Waals surface area contributed by atoms with Gasteiger partial charge in [-0.05, 0) is 59.1 Å². The maximum atomic E-state index is 13.9. The first-order chi connectivity index (χ1) is 9.61. The molecule has 1 aromatic carbocycles. The van der Waals surface area contributed by atoms with Gasteiger partial charge in [0, 0.05) is 16.6 Å². The Labute approximate surface area is 131 Å². The Hall–Kier alpha value is -0.840. The van der Waals surface area contributed by atoms with Gasteiger partial charge in [0.15, 0.2) is 4.67 Å². The molecule has 1 aromatic heterocycles. The van der Waals surface area contributed by atoms with E-state index in [1.54, 1.807) is 18.4 Å². The van der Waals surface area contributed by atoms with Crippen molar-refractivity contribution in [2.75, 3.05) is 6.54 Å². The molecule has 0 aliphatic rings. The maximum Gasteiger partial charge on any atom is 0.173 e. The van der Waals surface area contributed by atoms with E-state index in [9.17, 15) is 4.39 Å². The first-order valence-electron chi connectivity index (χ1n) is 6.52. The van der Waals surface area contributed by atoms with E-state index in [1.807, 2.05) is 6.07 Å². The summed E-state index contributed by atoms with van der Waals surface area (Å²) in [7, 11) is 0. The van der Waals surface area contributed by atoms with Gasteiger partial charge in [0.05, 0.1) is 6.26 Å². The third-order valence-electron chi connectivity index (χ3n) is 3.10. The highest BCUT2D eigenvalue weighted by Gasteiger charge is 2.18. The van der Waals surface area contributed by atoms with Gasteiger partial charge in [-0.15, -0.1) is 0 Å². The first kappa shape index (κ1) is 15.5. The van der Waals surface area contributed by atoms with Crippen molar-refractivity contribution < 1.29 is 8.81 Å². The van der Waals surface area contributed by atoms with Crippen LogP contribution in [-0.4, -0.2) is 6.54 Å². The number of benzene rings is 1. The van der Waals surface area contributed by atoms with Crippen molar-refractivity contribution in [3.63, 3.8) is 0 Å². The molecule has 0 saturated carbocycles. The van der Waals surface area contributed by atoms with Crippen LogP contribution in [0.3, 0.4) is 0 Å². The molecule has 2 rings (SSSR count). The summed E-state index contributed by atoms with van der Waals surface area (Å²) in [6.07, 6.45) is 3.18. The first-order valence-corrected chi connectivity index (χ1v) is 7.69. The topological polar surface area (TPSA) is 25.2 Å². The third-order valence-corrected chi connectivity index (χ3v) is 3.98. The number of hydrogen-bond donors (Lipinski definition) is 1. The highest BCUT2D eigenvalue weighted by atomic mass is 79.9. The van der Waals surface area contributed by atoms with Gasteiger partial charge in [0.25, 0.3) is 0 Å². The Morgan fingerprint density at radius 3 is 2.80 bits per heavy atom. The van der Waals surface area contributed by atoms with E-state index in [0.29, 0.717) is 21.7 Å². The number of nitrogens with one attached hydrogen (secondary N) is 1. The molecular weight excluding hydrogens is 345 g/mol. The Kier molecular flexibility index (Phi) is 5.64. The normalized spacial score (nSPS) is 12.6. The lowest BCUT2D eigenvalue weighted by atomic mass is 10.0. The predicted molar refractivity (Wildman–Crippen MR) is 82.6 cm³/mol. The van der Waals surface area contributed by atoms with E-state index >= 15 is 0 Å². The maximum absolute atomic E-state index is 13.9. The fraction of sp³-hybridized carbons (Fsp3) is 0.333. The summed E-state index contributed by atoms with van der Waals surface area (Å²) < 4.78 is 19.9. The van der Waals surface area contributed by atoms with Crippen molar-refractivity contribution >= 4 is 27.5 Å². The van der Waals surface area contributed by atoms with Crippen LogP contribution in [-0.2, 0) is 6.42 Å². The summed E-state index contributed by atoms with van der Waals surface area (Å²) in [5.41, 5.74) is 1.63. The third kappa shape index (κ3) is 3.84. The lowest BCUT2D eigenvalue weighted by Crippen LogP contribution is -2.24. The van der Waals surface area contributed by atoms with Gasteiger partial charge < -0.3 is 9.73 Å². The summed E-state index contributed by atoms with van der Waals surface area (Å²) >= 11 is 9.16. The van der Waals surface area contributed by atoms with Crippen molar-refractivity contribution in [3.8, 4) is 0 Å². The monoisotopic (exact) mass is 359 g/mol. The van der Waals surface area contributed by atoms with Crippen molar-refractivity contribution in [1.29, 1.82) is 0 Å². The van der Waals surface area contributed by atoms with Crippen LogP contribution < -0.4 is 5.32 Å². The fourth-order valence-electron chi connectivity index (χ4n) is 2.07. The lowest BCUT2D eigenvalue weighted by molar-refractivity contribution is 0.490. The molecule has 2 nitrogen and oxygen atoms in total. The minimum atomic E-state index is -0.277. The molecule has 0 spiro atoms. The molecule has 108 valence electrons. The molecule has 2 aromatic rings. The number of hydrogen-bond acceptors (Lipinski definition) is 2. The molecule has 0 aliphatic heterocycles. The van der Waals surface area contributed by atoms with Gasteiger partial charge in [-0.2, -0.15) is 0 Å². The molecule has 1 unspecified atom stereocenters. The smallest absolute Gasteiger partial charge is 0.173 e. The molecule has 0 saturated heterocycles. The van der Waals surface area contributed by atoms with Crippen LogP contribution in [0.4, 0.5) is 4.39 Å². The van der Waals surface area contributed by atoms with E-state index in [1.165, 1.54) is 6.07 Å². The van der Waals surface area contributed by atoms with Crippen LogP contribution in [0.5, 0.6) is 0 Å². The molecule has 0 amide bonds. The Bertz CT molecular complexity index is 573. The zero-order valence-electron chi connectivity index (χ0n) is 11.1. The van der Waals surface area contributed by atoms with Crippen LogP contribution in [0.15, 0.2) is 39.6 Å². The Morgan fingerprint density at radius 1 is 1.40 bits per heavy atom. The second-order valence-corrected chi connectivity index (χ2v) is 5.75. The molecule has 1 N–H and O–H groups in total. The van der Waals surface area contributed by atoms with Crippen LogP contribution >= 0.6 is 27.5 Å². The molecule has 0 bridgehead atoms. The minimum absolute atomic E-state index is 0.00116. The summed E-state index contributed by atoms with van der Waals surface area (Å²) in [5.74, 6) is -0.277. The van der Waals surface area contributed by atoms with E-state index in [2.05, 4.69) is 28.2 Å². The zero-order chi connectivity index (χ0) is 14.5. The predicted octanol–water partition coefficient (Wildman–Crippen LogP) is 5.12. The molecule has 20 heavy (non-hydrogen) atoms. The van der Waals surface area contributed by atoms with Crippen LogP contribution in [0.2, 0.25) is 5.02 Å². The van der Waals surface area contributed by atoms with Gasteiger partial charge in [-0.25, -0.2) is 4.39 Å². The van der Waals surface area contributed by atoms with Gasteiger partial charge in [-0.3, -0.25) is 0 Å². The standard InChI is InChI=1S/C15H16BrClFNO/c1-2-6-19-14(12-5-7-20-15(12)16)8-10-3-4-11(17)9-13(10)18/h3-5,7,9,14,19H,2,6,8H2,1H3. The van der Waals surface area contributed by atoms with E-state index in [-0.39, 0.29) is 11.9 Å². The molecule has 5 heteroatoms. The summed E-state index contributed by atoms with van der Waals surface area (Å²) in [6, 6.07) is 6.68. The molecule has 1 atom stereocenters. The SMILES string of the molecule is CCCNC(Cc1ccc(Cl)cc1F)c1ccoc1Br. The summed E-state index contributed by atoms with van der Waals surface area (Å²) in [6.45, 7) is 2.95. The van der Waals surface area contributed by atoms with Crippen LogP contribution in [0.25, 0.3) is 0 Å². The van der Waals surface area contributed by atoms with E-state index in [4.69, 9.17) is 16.0 Å². The van der Waals surface area contributed by atoms with E-state index < -0.39 is 0 Å². The minimum Gasteiger partial charge on any atom is -0.457 e. The number of furan rings is 1. The summed E-state index contributed by atoms with van der Waals surface area (Å²) in [5, 5.41) is 3.82. The second-order valence-electron chi connectivity index (χ2n) is 4.60. The molecule has 0 aliphatic carbocycles. The zero-order valence-corrected chi connectivity index (χ0v) is 13.5. The van der Waals surface area contributed by atoms with Gasteiger partial charge in [0.2, 0.25) is 0 Å². The quantitative estimate of drug-likeness (QED) is 0.773. The Balaban J connectivity index is 2.21. The van der Waals surface area contributed by atoms with Crippen molar-refractivity contribution in [2.45, 2.75) is 25.8 Å². The molecule has 1 heterocycles. The summed E-state index contributed by atoms with van der Waals surface area (Å²) in [4.78, 5) is 0. The van der Waals surface area contributed by atoms with Gasteiger partial charge >= 0.3 is 0 Å². The molecular formula is C15H16BrClFNO. The van der Waals surface area contributed by atoms with Gasteiger partial charge in [0.1, 0.15) is 5.82 Å². The average molecular weight is 361 g/mol. The largest absolute Gasteiger partial charge is 0.457 e. The van der Waals surface area contributed by atoms with E-state index in [0.717, 1.165) is 18.5 Å².